The molecule has 142 valence electrons. The highest BCUT2D eigenvalue weighted by Gasteiger charge is 2.40. The summed E-state index contributed by atoms with van der Waals surface area (Å²) in [5.41, 5.74) is 2.25. The van der Waals surface area contributed by atoms with Gasteiger partial charge in [-0.2, -0.15) is 0 Å². The fourth-order valence-electron chi connectivity index (χ4n) is 3.77. The number of carbonyl (C=O) groups is 3. The standard InChI is InChI=1S/C21H24N2O4/c1-13-18(20(26)27-3)16(22-19(13)14(2)24)12-17(25)23-21(10-7-11-21)15-8-5-4-6-9-15/h4-6,8-9,22H,7,10-12H2,1-3H3,(H,23,25). The van der Waals surface area contributed by atoms with Crippen molar-refractivity contribution >= 4 is 17.7 Å². The number of aromatic amines is 1. The molecule has 0 bridgehead atoms. The highest BCUT2D eigenvalue weighted by Crippen LogP contribution is 2.41. The topological polar surface area (TPSA) is 88.3 Å². The van der Waals surface area contributed by atoms with Crippen LogP contribution in [0.5, 0.6) is 0 Å². The van der Waals surface area contributed by atoms with Crippen LogP contribution < -0.4 is 5.32 Å². The van der Waals surface area contributed by atoms with Crippen molar-refractivity contribution in [1.82, 2.24) is 10.3 Å². The fraction of sp³-hybridized carbons (Fsp3) is 0.381. The normalized spacial score (nSPS) is 14.9. The molecule has 1 saturated carbocycles. The van der Waals surface area contributed by atoms with Crippen LogP contribution in [0.4, 0.5) is 0 Å². The zero-order valence-corrected chi connectivity index (χ0v) is 15.8. The molecule has 1 aromatic heterocycles. The third-order valence-electron chi connectivity index (χ3n) is 5.32. The molecule has 3 rings (SSSR count). The van der Waals surface area contributed by atoms with Gasteiger partial charge in [-0.25, -0.2) is 4.79 Å². The number of methoxy groups -OCH3 is 1. The summed E-state index contributed by atoms with van der Waals surface area (Å²) in [6.45, 7) is 3.10. The van der Waals surface area contributed by atoms with E-state index in [1.807, 2.05) is 30.3 Å². The summed E-state index contributed by atoms with van der Waals surface area (Å²) < 4.78 is 4.83. The number of ether oxygens (including phenoxy) is 1. The largest absolute Gasteiger partial charge is 0.465 e. The molecule has 1 aromatic carbocycles. The maximum absolute atomic E-state index is 12.8. The van der Waals surface area contributed by atoms with E-state index in [1.165, 1.54) is 14.0 Å². The molecule has 0 saturated heterocycles. The van der Waals surface area contributed by atoms with Gasteiger partial charge in [-0.05, 0) is 37.3 Å². The minimum absolute atomic E-state index is 0.0207. The van der Waals surface area contributed by atoms with Crippen molar-refractivity contribution in [2.75, 3.05) is 7.11 Å². The van der Waals surface area contributed by atoms with Gasteiger partial charge in [0.25, 0.3) is 0 Å². The van der Waals surface area contributed by atoms with Crippen LogP contribution >= 0.6 is 0 Å². The van der Waals surface area contributed by atoms with E-state index in [9.17, 15) is 14.4 Å². The third-order valence-corrected chi connectivity index (χ3v) is 5.32. The van der Waals surface area contributed by atoms with Crippen LogP contribution in [0.1, 0.15) is 63.9 Å². The average Bonchev–Trinajstić information content (AvgIpc) is 2.94. The van der Waals surface area contributed by atoms with Crippen LogP contribution in [0.15, 0.2) is 30.3 Å². The quantitative estimate of drug-likeness (QED) is 0.606. The van der Waals surface area contributed by atoms with Crippen molar-refractivity contribution in [3.8, 4) is 0 Å². The molecule has 0 unspecified atom stereocenters. The Morgan fingerprint density at radius 2 is 1.85 bits per heavy atom. The van der Waals surface area contributed by atoms with E-state index in [0.29, 0.717) is 17.0 Å². The van der Waals surface area contributed by atoms with Crippen molar-refractivity contribution < 1.29 is 19.1 Å². The number of benzene rings is 1. The first-order valence-electron chi connectivity index (χ1n) is 9.05. The first-order valence-corrected chi connectivity index (χ1v) is 9.05. The highest BCUT2D eigenvalue weighted by molar-refractivity contribution is 6.01. The number of Topliss-reactive ketones (excluding diaryl/α,β-unsaturated/α-hetero) is 1. The minimum atomic E-state index is -0.555. The molecule has 1 aliphatic rings. The van der Waals surface area contributed by atoms with Gasteiger partial charge >= 0.3 is 5.97 Å². The number of hydrogen-bond acceptors (Lipinski definition) is 4. The molecule has 6 heteroatoms. The van der Waals surface area contributed by atoms with E-state index >= 15 is 0 Å². The van der Waals surface area contributed by atoms with E-state index in [0.717, 1.165) is 24.8 Å². The van der Waals surface area contributed by atoms with Gasteiger partial charge in [0.2, 0.25) is 5.91 Å². The second-order valence-electron chi connectivity index (χ2n) is 7.05. The molecule has 27 heavy (non-hydrogen) atoms. The minimum Gasteiger partial charge on any atom is -0.465 e. The molecule has 0 spiro atoms. The van der Waals surface area contributed by atoms with Crippen molar-refractivity contribution in [1.29, 1.82) is 0 Å². The van der Waals surface area contributed by atoms with E-state index in [4.69, 9.17) is 4.74 Å². The fourth-order valence-corrected chi connectivity index (χ4v) is 3.77. The van der Waals surface area contributed by atoms with Crippen LogP contribution in [0.3, 0.4) is 0 Å². The van der Waals surface area contributed by atoms with E-state index in [1.54, 1.807) is 6.92 Å². The summed E-state index contributed by atoms with van der Waals surface area (Å²) in [4.78, 5) is 39.7. The maximum Gasteiger partial charge on any atom is 0.339 e. The highest BCUT2D eigenvalue weighted by atomic mass is 16.5. The predicted molar refractivity (Wildman–Crippen MR) is 101 cm³/mol. The first-order chi connectivity index (χ1) is 12.9. The monoisotopic (exact) mass is 368 g/mol. The molecule has 1 heterocycles. The number of carbonyl (C=O) groups excluding carboxylic acids is 3. The lowest BCUT2D eigenvalue weighted by Gasteiger charge is -2.43. The second-order valence-corrected chi connectivity index (χ2v) is 7.05. The Bertz CT molecular complexity index is 879. The lowest BCUT2D eigenvalue weighted by Crippen LogP contribution is -2.51. The summed E-state index contributed by atoms with van der Waals surface area (Å²) in [5.74, 6) is -0.940. The van der Waals surface area contributed by atoms with Crippen LogP contribution in [-0.4, -0.2) is 29.8 Å². The Labute approximate surface area is 158 Å². The average molecular weight is 368 g/mol. The van der Waals surface area contributed by atoms with Gasteiger partial charge in [0, 0.05) is 12.6 Å². The zero-order chi connectivity index (χ0) is 19.6. The van der Waals surface area contributed by atoms with Gasteiger partial charge in [0.1, 0.15) is 0 Å². The van der Waals surface area contributed by atoms with Gasteiger partial charge in [-0.15, -0.1) is 0 Å². The van der Waals surface area contributed by atoms with Crippen LogP contribution in [0, 0.1) is 6.92 Å². The molecule has 0 aliphatic heterocycles. The SMILES string of the molecule is COC(=O)c1c(CC(=O)NC2(c3ccccc3)CCC2)[nH]c(C(C)=O)c1C. The van der Waals surface area contributed by atoms with Gasteiger partial charge in [0.05, 0.1) is 30.3 Å². The Hall–Kier alpha value is -2.89. The molecule has 2 aromatic rings. The molecule has 1 aliphatic carbocycles. The molecule has 0 radical (unpaired) electrons. The zero-order valence-electron chi connectivity index (χ0n) is 15.8. The van der Waals surface area contributed by atoms with Crippen molar-refractivity contribution in [2.45, 2.75) is 45.1 Å². The Morgan fingerprint density at radius 1 is 1.19 bits per heavy atom. The number of amides is 1. The maximum atomic E-state index is 12.8. The van der Waals surface area contributed by atoms with Gasteiger partial charge < -0.3 is 15.0 Å². The number of ketones is 1. The van der Waals surface area contributed by atoms with Crippen molar-refractivity contribution in [3.05, 3.63) is 58.4 Å². The summed E-state index contributed by atoms with van der Waals surface area (Å²) in [7, 11) is 1.28. The number of nitrogens with one attached hydrogen (secondary N) is 2. The van der Waals surface area contributed by atoms with Gasteiger partial charge in [0.15, 0.2) is 5.78 Å². The van der Waals surface area contributed by atoms with Crippen molar-refractivity contribution in [3.63, 3.8) is 0 Å². The number of hydrogen-bond donors (Lipinski definition) is 2. The molecule has 2 N–H and O–H groups in total. The van der Waals surface area contributed by atoms with E-state index in [-0.39, 0.29) is 29.2 Å². The van der Waals surface area contributed by atoms with Gasteiger partial charge in [-0.1, -0.05) is 30.3 Å². The summed E-state index contributed by atoms with van der Waals surface area (Å²) in [6.07, 6.45) is 2.80. The van der Waals surface area contributed by atoms with Crippen molar-refractivity contribution in [2.24, 2.45) is 0 Å². The third kappa shape index (κ3) is 3.52. The Kier molecular flexibility index (Phi) is 5.17. The molecule has 6 nitrogen and oxygen atoms in total. The van der Waals surface area contributed by atoms with Crippen LogP contribution in [0.2, 0.25) is 0 Å². The number of rotatable bonds is 6. The number of H-pyrrole nitrogens is 1. The van der Waals surface area contributed by atoms with E-state index in [2.05, 4.69) is 10.3 Å². The predicted octanol–water partition coefficient (Wildman–Crippen LogP) is 3.05. The molecule has 1 amide bonds. The lowest BCUT2D eigenvalue weighted by atomic mass is 9.71. The molecular weight excluding hydrogens is 344 g/mol. The van der Waals surface area contributed by atoms with E-state index < -0.39 is 5.97 Å². The first kappa shape index (κ1) is 18.9. The molecule has 1 fully saturated rings. The van der Waals surface area contributed by atoms with Gasteiger partial charge in [-0.3, -0.25) is 9.59 Å². The summed E-state index contributed by atoms with van der Waals surface area (Å²) in [6, 6.07) is 9.91. The van der Waals surface area contributed by atoms with Crippen LogP contribution in [-0.2, 0) is 21.5 Å². The number of esters is 1. The molecule has 0 atom stereocenters. The second kappa shape index (κ2) is 7.39. The molecular formula is C21H24N2O4. The lowest BCUT2D eigenvalue weighted by molar-refractivity contribution is -0.123. The summed E-state index contributed by atoms with van der Waals surface area (Å²) >= 11 is 0. The number of aromatic nitrogens is 1. The smallest absolute Gasteiger partial charge is 0.339 e. The Balaban J connectivity index is 1.85. The summed E-state index contributed by atoms with van der Waals surface area (Å²) in [5, 5.41) is 3.14. The Morgan fingerprint density at radius 3 is 2.37 bits per heavy atom. The van der Waals surface area contributed by atoms with Crippen LogP contribution in [0.25, 0.3) is 0 Å².